The van der Waals surface area contributed by atoms with Crippen LogP contribution in [0, 0.1) is 0 Å². The van der Waals surface area contributed by atoms with Crippen molar-refractivity contribution < 1.29 is 14.0 Å². The van der Waals surface area contributed by atoms with Crippen molar-refractivity contribution in [1.82, 2.24) is 0 Å². The van der Waals surface area contributed by atoms with Gasteiger partial charge in [-0.05, 0) is 12.8 Å². The third-order valence-electron chi connectivity index (χ3n) is 6.62. The zero-order chi connectivity index (χ0) is 23.5. The van der Waals surface area contributed by atoms with Crippen LogP contribution in [-0.4, -0.2) is 37.2 Å². The molecule has 0 aromatic heterocycles. The second-order valence-corrected chi connectivity index (χ2v) is 10.1. The molecule has 0 unspecified atom stereocenters. The molecule has 32 heavy (non-hydrogen) atoms. The van der Waals surface area contributed by atoms with Gasteiger partial charge in [0.2, 0.25) is 0 Å². The minimum Gasteiger partial charge on any atom is -0.461 e. The van der Waals surface area contributed by atoms with Gasteiger partial charge in [-0.1, -0.05) is 121 Å². The van der Waals surface area contributed by atoms with Gasteiger partial charge in [0, 0.05) is 12.0 Å². The topological polar surface area (TPSA) is 26.3 Å². The molecule has 0 aliphatic carbocycles. The zero-order valence-corrected chi connectivity index (χ0v) is 21.7. The van der Waals surface area contributed by atoms with Crippen LogP contribution in [0.25, 0.3) is 0 Å². The lowest BCUT2D eigenvalue weighted by Gasteiger charge is -2.36. The molecular formula is C29H52NO2+. The van der Waals surface area contributed by atoms with E-state index < -0.39 is 0 Å². The second-order valence-electron chi connectivity index (χ2n) is 10.1. The number of hydrogen-bond donors (Lipinski definition) is 0. The fraction of sp³-hybridized carbons (Fsp3) is 0.759. The molecule has 0 amide bonds. The first-order chi connectivity index (χ1) is 15.5. The summed E-state index contributed by atoms with van der Waals surface area (Å²) >= 11 is 0. The maximum absolute atomic E-state index is 13.1. The van der Waals surface area contributed by atoms with Crippen LogP contribution < -0.4 is 0 Å². The Morgan fingerprint density at radius 1 is 0.750 bits per heavy atom. The molecule has 1 atom stereocenters. The number of rotatable bonds is 20. The molecule has 0 fully saturated rings. The summed E-state index contributed by atoms with van der Waals surface area (Å²) < 4.78 is 6.47. The fourth-order valence-electron chi connectivity index (χ4n) is 4.54. The Balaban J connectivity index is 2.52. The maximum Gasteiger partial charge on any atom is 0.364 e. The minimum absolute atomic E-state index is 0.00225. The van der Waals surface area contributed by atoms with Crippen LogP contribution in [0.5, 0.6) is 0 Å². The van der Waals surface area contributed by atoms with Crippen LogP contribution in [0.3, 0.4) is 0 Å². The largest absolute Gasteiger partial charge is 0.461 e. The molecule has 1 aromatic rings. The highest BCUT2D eigenvalue weighted by molar-refractivity contribution is 5.74. The molecule has 0 aliphatic rings. The SMILES string of the molecule is CCCCCCCCCC[C@@H](C(=O)OCCCCCCCC)[N+](C)(C)Cc1ccccc1. The number of carbonyl (C=O) groups is 1. The summed E-state index contributed by atoms with van der Waals surface area (Å²) in [6, 6.07) is 10.5. The van der Waals surface area contributed by atoms with E-state index in [9.17, 15) is 4.79 Å². The average molecular weight is 447 g/mol. The van der Waals surface area contributed by atoms with Crippen molar-refractivity contribution in [3.05, 3.63) is 35.9 Å². The van der Waals surface area contributed by atoms with Crippen molar-refractivity contribution in [3.8, 4) is 0 Å². The van der Waals surface area contributed by atoms with Gasteiger partial charge in [0.1, 0.15) is 6.54 Å². The van der Waals surface area contributed by atoms with E-state index in [1.54, 1.807) is 0 Å². The van der Waals surface area contributed by atoms with E-state index in [1.165, 1.54) is 76.2 Å². The van der Waals surface area contributed by atoms with E-state index in [1.807, 2.05) is 0 Å². The Morgan fingerprint density at radius 3 is 1.81 bits per heavy atom. The van der Waals surface area contributed by atoms with E-state index in [2.05, 4.69) is 58.3 Å². The van der Waals surface area contributed by atoms with E-state index in [-0.39, 0.29) is 12.0 Å². The van der Waals surface area contributed by atoms with Crippen molar-refractivity contribution >= 4 is 5.97 Å². The summed E-state index contributed by atoms with van der Waals surface area (Å²) in [6.45, 7) is 5.93. The van der Waals surface area contributed by atoms with Gasteiger partial charge in [0.25, 0.3) is 0 Å². The van der Waals surface area contributed by atoms with Gasteiger partial charge in [0.15, 0.2) is 6.04 Å². The van der Waals surface area contributed by atoms with Gasteiger partial charge < -0.3 is 9.22 Å². The average Bonchev–Trinajstić information content (AvgIpc) is 2.77. The predicted molar refractivity (Wildman–Crippen MR) is 138 cm³/mol. The summed E-state index contributed by atoms with van der Waals surface area (Å²) in [7, 11) is 4.38. The molecule has 0 aliphatic heterocycles. The number of carbonyl (C=O) groups excluding carboxylic acids is 1. The predicted octanol–water partition coefficient (Wildman–Crippen LogP) is 8.07. The van der Waals surface area contributed by atoms with E-state index in [0.717, 1.165) is 32.2 Å². The molecule has 0 heterocycles. The number of unbranched alkanes of at least 4 members (excludes halogenated alkanes) is 12. The number of likely N-dealkylation sites (N-methyl/N-ethyl adjacent to an activating group) is 1. The molecule has 0 bridgehead atoms. The van der Waals surface area contributed by atoms with Gasteiger partial charge in [-0.2, -0.15) is 0 Å². The Morgan fingerprint density at radius 2 is 1.25 bits per heavy atom. The standard InChI is InChI=1S/C29H52NO2/c1-5-7-9-11-13-14-15-20-24-28(29(31)32-25-21-16-12-10-8-6-2)30(3,4)26-27-22-18-17-19-23-27/h17-19,22-23,28H,5-16,20-21,24-26H2,1-4H3/q+1/t28-/m0/s1. The van der Waals surface area contributed by atoms with Crippen LogP contribution in [0.15, 0.2) is 30.3 Å². The Labute approximate surface area is 199 Å². The lowest BCUT2D eigenvalue weighted by atomic mass is 10.0. The maximum atomic E-state index is 13.1. The molecular weight excluding hydrogens is 394 g/mol. The second kappa shape index (κ2) is 18.1. The highest BCUT2D eigenvalue weighted by Gasteiger charge is 2.35. The van der Waals surface area contributed by atoms with Crippen molar-refractivity contribution in [2.24, 2.45) is 0 Å². The number of benzene rings is 1. The first-order valence-corrected chi connectivity index (χ1v) is 13.5. The van der Waals surface area contributed by atoms with E-state index >= 15 is 0 Å². The molecule has 3 nitrogen and oxygen atoms in total. The molecule has 0 saturated heterocycles. The number of quaternary nitrogens is 1. The molecule has 0 N–H and O–H groups in total. The van der Waals surface area contributed by atoms with Crippen LogP contribution in [0.1, 0.15) is 116 Å². The van der Waals surface area contributed by atoms with Gasteiger partial charge in [-0.3, -0.25) is 0 Å². The summed E-state index contributed by atoms with van der Waals surface area (Å²) in [6.07, 6.45) is 18.5. The van der Waals surface area contributed by atoms with Gasteiger partial charge in [-0.25, -0.2) is 4.79 Å². The summed E-state index contributed by atoms with van der Waals surface area (Å²) in [4.78, 5) is 13.1. The summed E-state index contributed by atoms with van der Waals surface area (Å²) in [5, 5.41) is 0. The van der Waals surface area contributed by atoms with Crippen LogP contribution in [-0.2, 0) is 16.1 Å². The molecule has 1 rings (SSSR count). The number of ether oxygens (including phenoxy) is 1. The van der Waals surface area contributed by atoms with Crippen molar-refractivity contribution in [1.29, 1.82) is 0 Å². The smallest absolute Gasteiger partial charge is 0.364 e. The Hall–Kier alpha value is -1.35. The third kappa shape index (κ3) is 13.3. The normalized spacial score (nSPS) is 12.6. The molecule has 0 spiro atoms. The van der Waals surface area contributed by atoms with Crippen molar-refractivity contribution in [2.45, 2.75) is 123 Å². The Bertz CT molecular complexity index is 570. The highest BCUT2D eigenvalue weighted by atomic mass is 16.5. The molecule has 0 radical (unpaired) electrons. The molecule has 0 saturated carbocycles. The molecule has 184 valence electrons. The van der Waals surface area contributed by atoms with Crippen molar-refractivity contribution in [2.75, 3.05) is 20.7 Å². The molecule has 1 aromatic carbocycles. The van der Waals surface area contributed by atoms with Crippen molar-refractivity contribution in [3.63, 3.8) is 0 Å². The van der Waals surface area contributed by atoms with Gasteiger partial charge >= 0.3 is 5.97 Å². The number of esters is 1. The van der Waals surface area contributed by atoms with E-state index in [4.69, 9.17) is 4.74 Å². The summed E-state index contributed by atoms with van der Waals surface area (Å²) in [5.41, 5.74) is 1.28. The van der Waals surface area contributed by atoms with E-state index in [0.29, 0.717) is 11.1 Å². The lowest BCUT2D eigenvalue weighted by Crippen LogP contribution is -2.52. The lowest BCUT2D eigenvalue weighted by molar-refractivity contribution is -0.920. The van der Waals surface area contributed by atoms with Crippen LogP contribution in [0.4, 0.5) is 0 Å². The first kappa shape index (κ1) is 28.7. The zero-order valence-electron chi connectivity index (χ0n) is 21.7. The van der Waals surface area contributed by atoms with Gasteiger partial charge in [-0.15, -0.1) is 0 Å². The van der Waals surface area contributed by atoms with Crippen LogP contribution in [0.2, 0.25) is 0 Å². The fourth-order valence-corrected chi connectivity index (χ4v) is 4.54. The first-order valence-electron chi connectivity index (χ1n) is 13.5. The van der Waals surface area contributed by atoms with Crippen LogP contribution >= 0.6 is 0 Å². The molecule has 3 heteroatoms. The number of nitrogens with zero attached hydrogens (tertiary/aromatic N) is 1. The summed E-state index contributed by atoms with van der Waals surface area (Å²) in [5.74, 6) is 0.00225. The van der Waals surface area contributed by atoms with Gasteiger partial charge in [0.05, 0.1) is 20.7 Å². The monoisotopic (exact) mass is 446 g/mol. The third-order valence-corrected chi connectivity index (χ3v) is 6.62. The minimum atomic E-state index is -0.0876. The number of hydrogen-bond acceptors (Lipinski definition) is 2. The Kier molecular flexibility index (Phi) is 16.2. The quantitative estimate of drug-likeness (QED) is 0.115. The highest BCUT2D eigenvalue weighted by Crippen LogP contribution is 2.21.